The lowest BCUT2D eigenvalue weighted by Crippen LogP contribution is -2.17. The van der Waals surface area contributed by atoms with Gasteiger partial charge in [0.2, 0.25) is 5.91 Å². The molecule has 1 aromatic heterocycles. The zero-order chi connectivity index (χ0) is 24.1. The van der Waals surface area contributed by atoms with E-state index in [0.717, 1.165) is 11.3 Å². The second-order valence-electron chi connectivity index (χ2n) is 8.08. The van der Waals surface area contributed by atoms with Gasteiger partial charge in [0.1, 0.15) is 11.4 Å². The van der Waals surface area contributed by atoms with Gasteiger partial charge >= 0.3 is 0 Å². The van der Waals surface area contributed by atoms with Crippen molar-refractivity contribution in [3.63, 3.8) is 0 Å². The predicted octanol–water partition coefficient (Wildman–Crippen LogP) is 5.39. The molecule has 0 saturated heterocycles. The molecule has 0 spiro atoms. The molecule has 34 heavy (non-hydrogen) atoms. The Morgan fingerprint density at radius 1 is 0.882 bits per heavy atom. The molecule has 0 aliphatic rings. The number of ether oxygens (including phenoxy) is 1. The molecule has 1 heterocycles. The van der Waals surface area contributed by atoms with E-state index in [-0.39, 0.29) is 17.7 Å². The molecule has 7 heteroatoms. The molecule has 3 aromatic carbocycles. The Morgan fingerprint density at radius 2 is 1.56 bits per heavy atom. The Morgan fingerprint density at radius 3 is 2.21 bits per heavy atom. The van der Waals surface area contributed by atoms with Gasteiger partial charge in [-0.15, -0.1) is 0 Å². The van der Waals surface area contributed by atoms with E-state index >= 15 is 0 Å². The molecule has 0 radical (unpaired) electrons. The first-order chi connectivity index (χ1) is 16.4. The highest BCUT2D eigenvalue weighted by Crippen LogP contribution is 2.28. The fourth-order valence-electron chi connectivity index (χ4n) is 3.36. The third-order valence-corrected chi connectivity index (χ3v) is 5.26. The molecule has 7 nitrogen and oxygen atoms in total. The van der Waals surface area contributed by atoms with Crippen molar-refractivity contribution >= 4 is 23.2 Å². The summed E-state index contributed by atoms with van der Waals surface area (Å²) in [6.45, 7) is 3.67. The number of nitrogens with zero attached hydrogens (tertiary/aromatic N) is 2. The second kappa shape index (κ2) is 10.0. The van der Waals surface area contributed by atoms with Crippen LogP contribution >= 0.6 is 0 Å². The Labute approximate surface area is 198 Å². The van der Waals surface area contributed by atoms with Crippen LogP contribution in [0, 0.1) is 5.92 Å². The van der Waals surface area contributed by atoms with E-state index in [9.17, 15) is 9.59 Å². The van der Waals surface area contributed by atoms with E-state index in [4.69, 9.17) is 9.84 Å². The van der Waals surface area contributed by atoms with Gasteiger partial charge in [0.05, 0.1) is 18.4 Å². The normalized spacial score (nSPS) is 10.7. The Bertz CT molecular complexity index is 1300. The third kappa shape index (κ3) is 5.15. The van der Waals surface area contributed by atoms with Crippen molar-refractivity contribution in [3.05, 3.63) is 90.6 Å². The van der Waals surface area contributed by atoms with Crippen LogP contribution in [0.1, 0.15) is 24.2 Å². The maximum Gasteiger partial charge on any atom is 0.259 e. The van der Waals surface area contributed by atoms with Crippen molar-refractivity contribution in [2.75, 3.05) is 17.7 Å². The number of anilines is 2. The van der Waals surface area contributed by atoms with Crippen LogP contribution in [0.15, 0.2) is 85.1 Å². The van der Waals surface area contributed by atoms with Crippen molar-refractivity contribution in [2.24, 2.45) is 5.92 Å². The van der Waals surface area contributed by atoms with Gasteiger partial charge in [-0.3, -0.25) is 9.59 Å². The van der Waals surface area contributed by atoms with Gasteiger partial charge in [0.15, 0.2) is 0 Å². The number of aromatic nitrogens is 2. The minimum atomic E-state index is -0.293. The Balaban J connectivity index is 1.63. The van der Waals surface area contributed by atoms with Crippen molar-refractivity contribution in [1.29, 1.82) is 0 Å². The van der Waals surface area contributed by atoms with Gasteiger partial charge in [-0.05, 0) is 48.5 Å². The minimum absolute atomic E-state index is 0.0620. The van der Waals surface area contributed by atoms with Crippen LogP contribution in [0.4, 0.5) is 11.4 Å². The molecule has 0 bridgehead atoms. The van der Waals surface area contributed by atoms with Gasteiger partial charge < -0.3 is 15.4 Å². The molecule has 2 amide bonds. The number of nitrogens with one attached hydrogen (secondary N) is 2. The molecule has 0 aliphatic carbocycles. The summed E-state index contributed by atoms with van der Waals surface area (Å²) >= 11 is 0. The van der Waals surface area contributed by atoms with Gasteiger partial charge in [-0.1, -0.05) is 44.2 Å². The average molecular weight is 455 g/mol. The Kier molecular flexibility index (Phi) is 6.73. The summed E-state index contributed by atoms with van der Waals surface area (Å²) in [6.07, 6.45) is 1.72. The number of para-hydroxylation sites is 1. The number of amides is 2. The summed E-state index contributed by atoms with van der Waals surface area (Å²) < 4.78 is 7.04. The maximum absolute atomic E-state index is 13.3. The number of rotatable bonds is 7. The summed E-state index contributed by atoms with van der Waals surface area (Å²) in [4.78, 5) is 25.2. The van der Waals surface area contributed by atoms with Crippen molar-refractivity contribution in [2.45, 2.75) is 13.8 Å². The van der Waals surface area contributed by atoms with E-state index in [2.05, 4.69) is 10.6 Å². The fourth-order valence-corrected chi connectivity index (χ4v) is 3.36. The zero-order valence-corrected chi connectivity index (χ0v) is 19.3. The first-order valence-corrected chi connectivity index (χ1v) is 11.0. The van der Waals surface area contributed by atoms with E-state index in [1.54, 1.807) is 42.3 Å². The number of carbonyl (C=O) groups excluding carboxylic acids is 2. The number of hydrogen-bond acceptors (Lipinski definition) is 4. The van der Waals surface area contributed by atoms with Crippen LogP contribution in [-0.2, 0) is 4.79 Å². The molecule has 0 fully saturated rings. The molecular formula is C27H26N4O3. The fraction of sp³-hybridized carbons (Fsp3) is 0.148. The van der Waals surface area contributed by atoms with Crippen molar-refractivity contribution in [3.8, 4) is 22.7 Å². The molecule has 0 saturated carbocycles. The number of carbonyl (C=O) groups is 2. The van der Waals surface area contributed by atoms with Crippen LogP contribution in [0.3, 0.4) is 0 Å². The smallest absolute Gasteiger partial charge is 0.259 e. The lowest BCUT2D eigenvalue weighted by molar-refractivity contribution is -0.118. The van der Waals surface area contributed by atoms with Gasteiger partial charge in [0.25, 0.3) is 5.91 Å². The molecule has 4 aromatic rings. The first-order valence-electron chi connectivity index (χ1n) is 11.0. The van der Waals surface area contributed by atoms with Crippen molar-refractivity contribution < 1.29 is 14.3 Å². The lowest BCUT2D eigenvalue weighted by Gasteiger charge is -2.09. The highest BCUT2D eigenvalue weighted by Gasteiger charge is 2.19. The molecule has 172 valence electrons. The van der Waals surface area contributed by atoms with Crippen molar-refractivity contribution in [1.82, 2.24) is 9.78 Å². The summed E-state index contributed by atoms with van der Waals surface area (Å²) in [5.74, 6) is 0.208. The number of hydrogen-bond donors (Lipinski definition) is 2. The van der Waals surface area contributed by atoms with Crippen LogP contribution in [0.5, 0.6) is 5.75 Å². The lowest BCUT2D eigenvalue weighted by atomic mass is 10.1. The zero-order valence-electron chi connectivity index (χ0n) is 19.3. The minimum Gasteiger partial charge on any atom is -0.497 e. The topological polar surface area (TPSA) is 85.2 Å². The summed E-state index contributed by atoms with van der Waals surface area (Å²) in [7, 11) is 1.60. The highest BCUT2D eigenvalue weighted by atomic mass is 16.5. The summed E-state index contributed by atoms with van der Waals surface area (Å²) in [5, 5.41) is 10.5. The quantitative estimate of drug-likeness (QED) is 0.392. The number of methoxy groups -OCH3 is 1. The molecule has 0 aliphatic heterocycles. The highest BCUT2D eigenvalue weighted by molar-refractivity contribution is 6.08. The Hall–Kier alpha value is -4.39. The van der Waals surface area contributed by atoms with E-state index in [1.807, 2.05) is 68.4 Å². The number of benzene rings is 3. The predicted molar refractivity (Wildman–Crippen MR) is 133 cm³/mol. The average Bonchev–Trinajstić information content (AvgIpc) is 3.31. The molecule has 0 unspecified atom stereocenters. The largest absolute Gasteiger partial charge is 0.497 e. The standard InChI is InChI=1S/C27H26N4O3/c1-18(2)26(32)28-20-12-14-21(15-13-20)29-27(33)24-17-31(22-9-5-4-6-10-22)30-25(24)19-8-7-11-23(16-19)34-3/h4-18H,1-3H3,(H,28,32)(H,29,33). The van der Waals surface area contributed by atoms with E-state index in [0.29, 0.717) is 28.4 Å². The van der Waals surface area contributed by atoms with Gasteiger partial charge in [0, 0.05) is 29.1 Å². The molecule has 2 N–H and O–H groups in total. The summed E-state index contributed by atoms with van der Waals surface area (Å²) in [6, 6.07) is 24.1. The van der Waals surface area contributed by atoms with Crippen LogP contribution in [0.2, 0.25) is 0 Å². The summed E-state index contributed by atoms with van der Waals surface area (Å²) in [5.41, 5.74) is 3.86. The third-order valence-electron chi connectivity index (χ3n) is 5.26. The van der Waals surface area contributed by atoms with Gasteiger partial charge in [-0.25, -0.2) is 4.68 Å². The molecule has 4 rings (SSSR count). The van der Waals surface area contributed by atoms with Gasteiger partial charge in [-0.2, -0.15) is 5.10 Å². The maximum atomic E-state index is 13.3. The second-order valence-corrected chi connectivity index (χ2v) is 8.08. The molecular weight excluding hydrogens is 428 g/mol. The molecule has 0 atom stereocenters. The SMILES string of the molecule is COc1cccc(-c2nn(-c3ccccc3)cc2C(=O)Nc2ccc(NC(=O)C(C)C)cc2)c1. The van der Waals surface area contributed by atoms with E-state index < -0.39 is 0 Å². The monoisotopic (exact) mass is 454 g/mol. The van der Waals surface area contributed by atoms with Crippen LogP contribution in [0.25, 0.3) is 16.9 Å². The van der Waals surface area contributed by atoms with E-state index in [1.165, 1.54) is 0 Å². The van der Waals surface area contributed by atoms with Crippen LogP contribution < -0.4 is 15.4 Å². The van der Waals surface area contributed by atoms with Crippen LogP contribution in [-0.4, -0.2) is 28.7 Å². The first kappa shape index (κ1) is 22.8.